The van der Waals surface area contributed by atoms with Gasteiger partial charge in [-0.2, -0.15) is 0 Å². The summed E-state index contributed by atoms with van der Waals surface area (Å²) in [4.78, 5) is 15.9. The maximum atomic E-state index is 11.6. The lowest BCUT2D eigenvalue weighted by Gasteiger charge is -2.19. The van der Waals surface area contributed by atoms with E-state index < -0.39 is 0 Å². The van der Waals surface area contributed by atoms with E-state index in [2.05, 4.69) is 10.3 Å². The van der Waals surface area contributed by atoms with Gasteiger partial charge in [-0.15, -0.1) is 0 Å². The third kappa shape index (κ3) is 5.07. The van der Waals surface area contributed by atoms with Gasteiger partial charge in [-0.1, -0.05) is 30.3 Å². The Balaban J connectivity index is 2.08. The molecule has 0 amide bonds. The summed E-state index contributed by atoms with van der Waals surface area (Å²) >= 11 is 0. The lowest BCUT2D eigenvalue weighted by molar-refractivity contribution is 0.0526. The highest BCUT2D eigenvalue weighted by Crippen LogP contribution is 2.23. The number of esters is 1. The van der Waals surface area contributed by atoms with Crippen molar-refractivity contribution in [3.05, 3.63) is 59.8 Å². The topological polar surface area (TPSA) is 71.5 Å². The van der Waals surface area contributed by atoms with E-state index in [4.69, 9.17) is 9.84 Å². The number of carbonyl (C=O) groups is 1. The molecule has 0 aliphatic rings. The van der Waals surface area contributed by atoms with Crippen LogP contribution in [0.15, 0.2) is 48.7 Å². The number of aliphatic hydroxyl groups excluding tert-OH is 1. The normalized spacial score (nSPS) is 11.7. The fourth-order valence-corrected chi connectivity index (χ4v) is 2.30. The van der Waals surface area contributed by atoms with Crippen molar-refractivity contribution in [2.24, 2.45) is 0 Å². The predicted octanol–water partition coefficient (Wildman–Crippen LogP) is 3.18. The maximum absolute atomic E-state index is 11.6. The van der Waals surface area contributed by atoms with Crippen LogP contribution in [0.3, 0.4) is 0 Å². The van der Waals surface area contributed by atoms with Crippen molar-refractivity contribution < 1.29 is 14.6 Å². The van der Waals surface area contributed by atoms with Gasteiger partial charge in [0.25, 0.3) is 0 Å². The zero-order chi connectivity index (χ0) is 16.5. The minimum atomic E-state index is -0.369. The van der Waals surface area contributed by atoms with Gasteiger partial charge in [-0.25, -0.2) is 9.78 Å². The molecule has 0 bridgehead atoms. The van der Waals surface area contributed by atoms with E-state index in [9.17, 15) is 4.79 Å². The van der Waals surface area contributed by atoms with Crippen molar-refractivity contribution in [2.75, 3.05) is 18.5 Å². The van der Waals surface area contributed by atoms with E-state index in [1.807, 2.05) is 30.3 Å². The quantitative estimate of drug-likeness (QED) is 0.732. The van der Waals surface area contributed by atoms with Crippen molar-refractivity contribution in [1.82, 2.24) is 4.98 Å². The summed E-state index contributed by atoms with van der Waals surface area (Å²) in [5, 5.41) is 12.4. The highest BCUT2D eigenvalue weighted by Gasteiger charge is 2.12. The first-order valence-corrected chi connectivity index (χ1v) is 7.80. The third-order valence-electron chi connectivity index (χ3n) is 3.45. The Bertz CT molecular complexity index is 599. The molecule has 23 heavy (non-hydrogen) atoms. The molecule has 0 spiro atoms. The zero-order valence-corrected chi connectivity index (χ0v) is 13.2. The molecule has 1 aromatic carbocycles. The van der Waals surface area contributed by atoms with Crippen LogP contribution >= 0.6 is 0 Å². The average molecular weight is 314 g/mol. The minimum absolute atomic E-state index is 0.0595. The molecule has 0 aliphatic heterocycles. The highest BCUT2D eigenvalue weighted by molar-refractivity contribution is 5.89. The molecular formula is C18H22N2O3. The Morgan fingerprint density at radius 3 is 2.65 bits per heavy atom. The number of hydrogen-bond acceptors (Lipinski definition) is 5. The molecular weight excluding hydrogens is 292 g/mol. The molecule has 0 radical (unpaired) electrons. The summed E-state index contributed by atoms with van der Waals surface area (Å²) in [6.07, 6.45) is 3.00. The Hall–Kier alpha value is -2.40. The average Bonchev–Trinajstić information content (AvgIpc) is 2.60. The number of pyridine rings is 1. The van der Waals surface area contributed by atoms with Gasteiger partial charge in [-0.3, -0.25) is 0 Å². The number of nitrogens with one attached hydrogen (secondary N) is 1. The van der Waals surface area contributed by atoms with E-state index >= 15 is 0 Å². The maximum Gasteiger partial charge on any atom is 0.339 e. The molecule has 2 rings (SSSR count). The van der Waals surface area contributed by atoms with Gasteiger partial charge in [0.05, 0.1) is 18.2 Å². The second kappa shape index (κ2) is 8.90. The molecule has 0 aliphatic carbocycles. The predicted molar refractivity (Wildman–Crippen MR) is 89.3 cm³/mol. The van der Waals surface area contributed by atoms with Gasteiger partial charge in [0.15, 0.2) is 0 Å². The van der Waals surface area contributed by atoms with Crippen molar-refractivity contribution in [1.29, 1.82) is 0 Å². The van der Waals surface area contributed by atoms with E-state index in [0.29, 0.717) is 24.4 Å². The van der Waals surface area contributed by atoms with E-state index in [1.165, 1.54) is 6.20 Å². The number of carbonyl (C=O) groups excluding carboxylic acids is 1. The minimum Gasteiger partial charge on any atom is -0.462 e. The van der Waals surface area contributed by atoms with Crippen molar-refractivity contribution >= 4 is 11.8 Å². The second-order valence-electron chi connectivity index (χ2n) is 5.13. The standard InChI is InChI=1S/C18H22N2O3/c1-2-23-18(22)15-10-11-17(19-13-15)20-16(9-6-12-21)14-7-4-3-5-8-14/h3-5,7-8,10-11,13,16,21H,2,6,9,12H2,1H3,(H,19,20). The van der Waals surface area contributed by atoms with Gasteiger partial charge in [0, 0.05) is 12.8 Å². The van der Waals surface area contributed by atoms with Crippen LogP contribution in [0.25, 0.3) is 0 Å². The fourth-order valence-electron chi connectivity index (χ4n) is 2.30. The first-order valence-electron chi connectivity index (χ1n) is 7.80. The molecule has 122 valence electrons. The SMILES string of the molecule is CCOC(=O)c1ccc(NC(CCCO)c2ccccc2)nc1. The van der Waals surface area contributed by atoms with Gasteiger partial charge in [0.2, 0.25) is 0 Å². The van der Waals surface area contributed by atoms with Gasteiger partial charge >= 0.3 is 5.97 Å². The van der Waals surface area contributed by atoms with Crippen LogP contribution in [0, 0.1) is 0 Å². The molecule has 1 aromatic heterocycles. The first-order chi connectivity index (χ1) is 11.2. The summed E-state index contributed by atoms with van der Waals surface area (Å²) in [5.41, 5.74) is 1.57. The summed E-state index contributed by atoms with van der Waals surface area (Å²) in [6, 6.07) is 13.6. The number of aliphatic hydroxyl groups is 1. The zero-order valence-electron chi connectivity index (χ0n) is 13.2. The lowest BCUT2D eigenvalue weighted by Crippen LogP contribution is -2.13. The Morgan fingerprint density at radius 1 is 1.26 bits per heavy atom. The number of aromatic nitrogens is 1. The first kappa shape index (κ1) is 17.0. The van der Waals surface area contributed by atoms with Gasteiger partial charge < -0.3 is 15.2 Å². The molecule has 1 unspecified atom stereocenters. The van der Waals surface area contributed by atoms with Gasteiger partial charge in [-0.05, 0) is 37.5 Å². The summed E-state index contributed by atoms with van der Waals surface area (Å²) in [7, 11) is 0. The van der Waals surface area contributed by atoms with E-state index in [-0.39, 0.29) is 18.6 Å². The summed E-state index contributed by atoms with van der Waals surface area (Å²) in [5.74, 6) is 0.316. The van der Waals surface area contributed by atoms with Gasteiger partial charge in [0.1, 0.15) is 5.82 Å². The summed E-state index contributed by atoms with van der Waals surface area (Å²) < 4.78 is 4.94. The molecule has 0 saturated carbocycles. The molecule has 2 N–H and O–H groups in total. The Kier molecular flexibility index (Phi) is 6.56. The number of anilines is 1. The van der Waals surface area contributed by atoms with Crippen LogP contribution in [0.4, 0.5) is 5.82 Å². The number of benzene rings is 1. The molecule has 2 aromatic rings. The van der Waals surface area contributed by atoms with E-state index in [1.54, 1.807) is 19.1 Å². The number of ether oxygens (including phenoxy) is 1. The van der Waals surface area contributed by atoms with Crippen LogP contribution in [0.2, 0.25) is 0 Å². The molecule has 5 nitrogen and oxygen atoms in total. The lowest BCUT2D eigenvalue weighted by atomic mass is 10.0. The van der Waals surface area contributed by atoms with Crippen molar-refractivity contribution in [3.63, 3.8) is 0 Å². The second-order valence-corrected chi connectivity index (χ2v) is 5.13. The van der Waals surface area contributed by atoms with Crippen molar-refractivity contribution in [2.45, 2.75) is 25.8 Å². The Labute approximate surface area is 136 Å². The smallest absolute Gasteiger partial charge is 0.339 e. The van der Waals surface area contributed by atoms with Crippen LogP contribution < -0.4 is 5.32 Å². The van der Waals surface area contributed by atoms with Crippen LogP contribution in [0.5, 0.6) is 0 Å². The third-order valence-corrected chi connectivity index (χ3v) is 3.45. The van der Waals surface area contributed by atoms with E-state index in [0.717, 1.165) is 12.0 Å². The van der Waals surface area contributed by atoms with Crippen LogP contribution in [-0.2, 0) is 4.74 Å². The number of nitrogens with zero attached hydrogens (tertiary/aromatic N) is 1. The number of rotatable bonds is 8. The summed E-state index contributed by atoms with van der Waals surface area (Å²) in [6.45, 7) is 2.27. The fraction of sp³-hybridized carbons (Fsp3) is 0.333. The molecule has 0 saturated heterocycles. The highest BCUT2D eigenvalue weighted by atomic mass is 16.5. The molecule has 5 heteroatoms. The molecule has 0 fully saturated rings. The monoisotopic (exact) mass is 314 g/mol. The van der Waals surface area contributed by atoms with Crippen LogP contribution in [-0.4, -0.2) is 29.3 Å². The van der Waals surface area contributed by atoms with Crippen molar-refractivity contribution in [3.8, 4) is 0 Å². The van der Waals surface area contributed by atoms with Crippen LogP contribution in [0.1, 0.15) is 41.7 Å². The molecule has 1 heterocycles. The molecule has 1 atom stereocenters. The number of hydrogen-bond donors (Lipinski definition) is 2. The largest absolute Gasteiger partial charge is 0.462 e. The Morgan fingerprint density at radius 2 is 2.04 bits per heavy atom.